The van der Waals surface area contributed by atoms with Crippen LogP contribution in [-0.4, -0.2) is 117 Å². The van der Waals surface area contributed by atoms with E-state index in [9.17, 15) is 4.79 Å². The number of aryl methyl sites for hydroxylation is 1. The smallest absolute Gasteiger partial charge is 0.302 e. The molecule has 0 radical (unpaired) electrons. The summed E-state index contributed by atoms with van der Waals surface area (Å²) >= 11 is 4.53. The van der Waals surface area contributed by atoms with Gasteiger partial charge >= 0.3 is 5.97 Å². The monoisotopic (exact) mass is 922 g/mol. The summed E-state index contributed by atoms with van der Waals surface area (Å²) < 4.78 is 35.7. The molecule has 1 saturated heterocycles. The first kappa shape index (κ1) is 53.8. The molecular formula is C51H83N7O6S. The number of rotatable bonds is 21. The van der Waals surface area contributed by atoms with Gasteiger partial charge in [0.2, 0.25) is 11.8 Å². The van der Waals surface area contributed by atoms with Crippen molar-refractivity contribution in [3.05, 3.63) is 41.7 Å². The number of pyridine rings is 1. The van der Waals surface area contributed by atoms with Crippen LogP contribution >= 0.6 is 12.8 Å². The van der Waals surface area contributed by atoms with Crippen molar-refractivity contribution in [2.75, 3.05) is 71.2 Å². The molecule has 2 aliphatic heterocycles. The lowest BCUT2D eigenvalue weighted by molar-refractivity contribution is -0.143. The molecular weight excluding hydrogens is 839 g/mol. The van der Waals surface area contributed by atoms with Crippen LogP contribution in [0.2, 0.25) is 0 Å². The second-order valence-corrected chi connectivity index (χ2v) is 19.4. The molecule has 5 rings (SSSR count). The fourth-order valence-corrected chi connectivity index (χ4v) is 8.77. The number of carbonyl (C=O) groups excluding carboxylic acids is 1. The molecule has 14 heteroatoms. The zero-order valence-electron chi connectivity index (χ0n) is 42.3. The van der Waals surface area contributed by atoms with Crippen molar-refractivity contribution in [1.82, 2.24) is 19.2 Å². The third-order valence-corrected chi connectivity index (χ3v) is 12.0. The number of carbonyl (C=O) groups is 1. The zero-order valence-corrected chi connectivity index (χ0v) is 43.2. The van der Waals surface area contributed by atoms with Crippen molar-refractivity contribution in [3.63, 3.8) is 0 Å². The number of anilines is 1. The number of piperazine rings is 1. The van der Waals surface area contributed by atoms with Gasteiger partial charge in [-0.2, -0.15) is 0 Å². The number of methoxy groups -OCH3 is 1. The van der Waals surface area contributed by atoms with Gasteiger partial charge in [0.05, 0.1) is 55.8 Å². The van der Waals surface area contributed by atoms with Crippen molar-refractivity contribution in [1.29, 1.82) is 0 Å². The highest BCUT2D eigenvalue weighted by atomic mass is 32.1. The summed E-state index contributed by atoms with van der Waals surface area (Å²) in [6.07, 6.45) is 5.06. The molecule has 0 bridgehead atoms. The Morgan fingerprint density at radius 1 is 0.923 bits per heavy atom. The van der Waals surface area contributed by atoms with E-state index < -0.39 is 0 Å². The maximum Gasteiger partial charge on any atom is 0.302 e. The van der Waals surface area contributed by atoms with Crippen LogP contribution in [0.25, 0.3) is 22.2 Å². The number of benzene rings is 1. The van der Waals surface area contributed by atoms with Gasteiger partial charge in [-0.1, -0.05) is 68.2 Å². The highest BCUT2D eigenvalue weighted by molar-refractivity contribution is 7.78. The highest BCUT2D eigenvalue weighted by Crippen LogP contribution is 2.43. The fraction of sp³-hybridized carbons (Fsp3) is 0.686. The van der Waals surface area contributed by atoms with Gasteiger partial charge in [0.25, 0.3) is 0 Å². The van der Waals surface area contributed by atoms with Gasteiger partial charge in [-0.15, -0.1) is 0 Å². The second kappa shape index (κ2) is 25.9. The van der Waals surface area contributed by atoms with Gasteiger partial charge in [0.1, 0.15) is 17.8 Å². The average molecular weight is 922 g/mol. The predicted octanol–water partition coefficient (Wildman–Crippen LogP) is 10.00. The Kier molecular flexibility index (Phi) is 21.4. The molecule has 4 atom stereocenters. The molecule has 1 N–H and O–H groups in total. The van der Waals surface area contributed by atoms with Crippen LogP contribution in [0.1, 0.15) is 127 Å². The third kappa shape index (κ3) is 14.8. The Labute approximate surface area is 397 Å². The summed E-state index contributed by atoms with van der Waals surface area (Å²) in [7, 11) is 1.74. The molecule has 13 nitrogen and oxygen atoms in total. The molecule has 65 heavy (non-hydrogen) atoms. The van der Waals surface area contributed by atoms with Gasteiger partial charge in [0, 0.05) is 74.7 Å². The largest absolute Gasteiger partial charge is 0.494 e. The molecule has 1 aromatic carbocycles. The van der Waals surface area contributed by atoms with Crippen molar-refractivity contribution >= 4 is 47.2 Å². The normalized spacial score (nSPS) is 18.0. The van der Waals surface area contributed by atoms with Crippen LogP contribution in [0, 0.1) is 17.3 Å². The molecule has 0 saturated carbocycles. The molecule has 0 amide bonds. The standard InChI is InChI=1S/C47H73N7O6S.C4H10/c1-12-20-52-21-23-53(24-22-52)34-26-37(42(48-29-34)32(7)56-11)44-38(28-47(9,10)30-60-33(8)55)36-27-35(18-19-40(36)54(44)13-2)59-25-16-17-39(51-61)43-46(58-15-4)49-41(31(5)6)45(50-43)57-14-3;1-4(2)3/h18-19,26-27,29,31-32,39,41,43,51,61H,12-17,20-25,28,30H2,1-11H3;4H,1-3H3/t32?,39-,41+,43?;/m0./s1. The Hall–Kier alpha value is -3.85. The number of aliphatic imine (C=N–C) groups is 2. The van der Waals surface area contributed by atoms with E-state index >= 15 is 0 Å². The first-order chi connectivity index (χ1) is 31.0. The molecule has 0 aliphatic carbocycles. The number of nitrogens with one attached hydrogen (secondary N) is 1. The zero-order chi connectivity index (χ0) is 47.8. The molecule has 2 aromatic heterocycles. The Bertz CT molecular complexity index is 2000. The molecule has 1 fully saturated rings. The van der Waals surface area contributed by atoms with E-state index in [1.807, 2.05) is 20.0 Å². The first-order valence-corrected chi connectivity index (χ1v) is 24.7. The summed E-state index contributed by atoms with van der Waals surface area (Å²) in [5.41, 5.74) is 6.08. The third-order valence-electron chi connectivity index (χ3n) is 11.7. The van der Waals surface area contributed by atoms with Crippen LogP contribution in [-0.2, 0) is 36.7 Å². The first-order valence-electron chi connectivity index (χ1n) is 24.2. The van der Waals surface area contributed by atoms with Crippen LogP contribution < -0.4 is 14.4 Å². The maximum atomic E-state index is 12.0. The minimum atomic E-state index is -0.366. The SMILES string of the molecule is CC(C)C.CCCN1CCN(c2cnc(C(C)OC)c(-c3c(CC(C)(C)COC(C)=O)c4cc(OCCC[C@H](NS)C5N=C(OCC)[C@@H](C(C)C)N=C5OCC)ccc4n3CC)c2)CC1. The van der Waals surface area contributed by atoms with Crippen molar-refractivity contribution in [2.45, 2.75) is 146 Å². The number of nitrogens with zero attached hydrogens (tertiary/aromatic N) is 6. The van der Waals surface area contributed by atoms with E-state index in [0.717, 1.165) is 109 Å². The summed E-state index contributed by atoms with van der Waals surface area (Å²) in [6.45, 7) is 34.6. The lowest BCUT2D eigenvalue weighted by Crippen LogP contribution is -2.47. The van der Waals surface area contributed by atoms with E-state index in [0.29, 0.717) is 44.6 Å². The van der Waals surface area contributed by atoms with E-state index in [2.05, 4.69) is 125 Å². The molecule has 364 valence electrons. The second-order valence-electron chi connectivity index (χ2n) is 19.1. The summed E-state index contributed by atoms with van der Waals surface area (Å²) in [6, 6.07) is 8.03. The number of fused-ring (bicyclic) bond motifs is 1. The number of ether oxygens (including phenoxy) is 5. The topological polar surface area (TPSA) is 124 Å². The molecule has 2 unspecified atom stereocenters. The van der Waals surface area contributed by atoms with E-state index in [-0.39, 0.29) is 41.5 Å². The van der Waals surface area contributed by atoms with Crippen LogP contribution in [0.15, 0.2) is 40.4 Å². The number of esters is 1. The minimum absolute atomic E-state index is 0.149. The van der Waals surface area contributed by atoms with Gasteiger partial charge in [0.15, 0.2) is 0 Å². The minimum Gasteiger partial charge on any atom is -0.494 e. The molecule has 0 spiro atoms. The summed E-state index contributed by atoms with van der Waals surface area (Å²) in [4.78, 5) is 32.2. The van der Waals surface area contributed by atoms with Gasteiger partial charge < -0.3 is 33.2 Å². The Morgan fingerprint density at radius 2 is 1.57 bits per heavy atom. The van der Waals surface area contributed by atoms with Crippen molar-refractivity contribution in [3.8, 4) is 17.0 Å². The van der Waals surface area contributed by atoms with Crippen LogP contribution in [0.3, 0.4) is 0 Å². The number of thiol groups is 1. The summed E-state index contributed by atoms with van der Waals surface area (Å²) in [5.74, 6) is 2.81. The number of aromatic nitrogens is 2. The number of hydrogen-bond acceptors (Lipinski definition) is 13. The quantitative estimate of drug-likeness (QED) is 0.0606. The van der Waals surface area contributed by atoms with Crippen molar-refractivity contribution in [2.24, 2.45) is 27.2 Å². The highest BCUT2D eigenvalue weighted by Gasteiger charge is 2.36. The molecule has 4 heterocycles. The lowest BCUT2D eigenvalue weighted by atomic mass is 9.84. The van der Waals surface area contributed by atoms with E-state index in [1.165, 1.54) is 6.92 Å². The Morgan fingerprint density at radius 3 is 2.14 bits per heavy atom. The maximum absolute atomic E-state index is 12.0. The summed E-state index contributed by atoms with van der Waals surface area (Å²) in [5, 5.41) is 1.10. The van der Waals surface area contributed by atoms with Crippen LogP contribution in [0.5, 0.6) is 5.75 Å². The van der Waals surface area contributed by atoms with E-state index in [4.69, 9.17) is 38.7 Å². The Balaban J connectivity index is 0.00000222. The van der Waals surface area contributed by atoms with E-state index in [1.54, 1.807) is 7.11 Å². The fourth-order valence-electron chi connectivity index (χ4n) is 8.50. The number of hydrogen-bond donors (Lipinski definition) is 2. The molecule has 2 aliphatic rings. The van der Waals surface area contributed by atoms with Gasteiger partial charge in [-0.05, 0) is 102 Å². The van der Waals surface area contributed by atoms with Gasteiger partial charge in [-0.3, -0.25) is 19.4 Å². The molecule has 3 aromatic rings. The average Bonchev–Trinajstić information content (AvgIpc) is 3.57. The lowest BCUT2D eigenvalue weighted by Gasteiger charge is -2.36. The van der Waals surface area contributed by atoms with Gasteiger partial charge in [-0.25, -0.2) is 9.98 Å². The van der Waals surface area contributed by atoms with Crippen LogP contribution in [0.4, 0.5) is 5.69 Å². The predicted molar refractivity (Wildman–Crippen MR) is 271 cm³/mol. The van der Waals surface area contributed by atoms with Crippen molar-refractivity contribution < 1.29 is 28.5 Å².